The first-order valence-corrected chi connectivity index (χ1v) is 6.90. The van der Waals surface area contributed by atoms with E-state index in [4.69, 9.17) is 9.47 Å². The van der Waals surface area contributed by atoms with E-state index >= 15 is 0 Å². The number of aromatic amines is 1. The molecule has 0 amide bonds. The fourth-order valence-electron chi connectivity index (χ4n) is 2.43. The molecule has 1 heterocycles. The molecular weight excluding hydrogens is 298 g/mol. The lowest BCUT2D eigenvalue weighted by Crippen LogP contribution is -1.92. The van der Waals surface area contributed by atoms with E-state index < -0.39 is 4.92 Å². The molecule has 0 aliphatic carbocycles. The Hall–Kier alpha value is -3.09. The highest BCUT2D eigenvalue weighted by Gasteiger charge is 2.15. The zero-order valence-corrected chi connectivity index (χ0v) is 12.9. The summed E-state index contributed by atoms with van der Waals surface area (Å²) >= 11 is 0. The number of nitro groups is 1. The fraction of sp³-hybridized carbons (Fsp3) is 0.188. The second kappa shape index (κ2) is 5.60. The van der Waals surface area contributed by atoms with E-state index in [9.17, 15) is 10.1 Å². The quantitative estimate of drug-likeness (QED) is 0.588. The van der Waals surface area contributed by atoms with Crippen LogP contribution in [0.3, 0.4) is 0 Å². The Morgan fingerprint density at radius 1 is 1.13 bits per heavy atom. The number of hydrogen-bond donors (Lipinski definition) is 1. The molecule has 118 valence electrons. The van der Waals surface area contributed by atoms with Gasteiger partial charge in [-0.05, 0) is 6.92 Å². The van der Waals surface area contributed by atoms with Gasteiger partial charge in [-0.15, -0.1) is 0 Å². The molecule has 7 heteroatoms. The highest BCUT2D eigenvalue weighted by atomic mass is 16.6. The number of aromatic nitrogens is 2. The molecule has 0 saturated heterocycles. The van der Waals surface area contributed by atoms with Gasteiger partial charge in [-0.1, -0.05) is 12.1 Å². The van der Waals surface area contributed by atoms with Crippen LogP contribution in [0.2, 0.25) is 0 Å². The lowest BCUT2D eigenvalue weighted by molar-refractivity contribution is -0.385. The summed E-state index contributed by atoms with van der Waals surface area (Å²) in [5.74, 6) is 1.72. The molecule has 0 spiro atoms. The molecule has 0 radical (unpaired) electrons. The number of benzene rings is 2. The number of imidazole rings is 1. The number of nitro benzene ring substituents is 1. The first kappa shape index (κ1) is 14.8. The summed E-state index contributed by atoms with van der Waals surface area (Å²) < 4.78 is 10.5. The van der Waals surface area contributed by atoms with Gasteiger partial charge in [0.05, 0.1) is 30.2 Å². The van der Waals surface area contributed by atoms with Crippen molar-refractivity contribution in [3.63, 3.8) is 0 Å². The Kier molecular flexibility index (Phi) is 3.61. The second-order valence-corrected chi connectivity index (χ2v) is 5.07. The van der Waals surface area contributed by atoms with Crippen molar-refractivity contribution in [3.05, 3.63) is 46.0 Å². The van der Waals surface area contributed by atoms with Crippen LogP contribution in [0.25, 0.3) is 22.4 Å². The van der Waals surface area contributed by atoms with Gasteiger partial charge < -0.3 is 14.5 Å². The molecule has 1 aromatic heterocycles. The topological polar surface area (TPSA) is 90.3 Å². The number of aryl methyl sites for hydroxylation is 1. The van der Waals surface area contributed by atoms with Crippen LogP contribution in [0.15, 0.2) is 30.3 Å². The molecule has 0 bridgehead atoms. The zero-order chi connectivity index (χ0) is 16.6. The van der Waals surface area contributed by atoms with Gasteiger partial charge in [-0.3, -0.25) is 10.1 Å². The summed E-state index contributed by atoms with van der Waals surface area (Å²) in [6.07, 6.45) is 0. The van der Waals surface area contributed by atoms with Gasteiger partial charge in [0.1, 0.15) is 5.82 Å². The maximum atomic E-state index is 11.1. The van der Waals surface area contributed by atoms with Crippen molar-refractivity contribution in [1.82, 2.24) is 9.97 Å². The Morgan fingerprint density at radius 3 is 2.48 bits per heavy atom. The van der Waals surface area contributed by atoms with Crippen LogP contribution >= 0.6 is 0 Å². The SMILES string of the molecule is COc1cc2nc(-c3ccc(C)c([N+](=O)[O-])c3)[nH]c2cc1OC. The van der Waals surface area contributed by atoms with Crippen molar-refractivity contribution in [3.8, 4) is 22.9 Å². The molecular formula is C16H15N3O4. The first-order chi connectivity index (χ1) is 11.0. The van der Waals surface area contributed by atoms with Gasteiger partial charge in [0, 0.05) is 29.3 Å². The largest absolute Gasteiger partial charge is 0.493 e. The minimum atomic E-state index is -0.395. The number of nitrogens with one attached hydrogen (secondary N) is 1. The molecule has 23 heavy (non-hydrogen) atoms. The van der Waals surface area contributed by atoms with Crippen molar-refractivity contribution in [2.24, 2.45) is 0 Å². The summed E-state index contributed by atoms with van der Waals surface area (Å²) in [5, 5.41) is 11.1. The van der Waals surface area contributed by atoms with E-state index in [-0.39, 0.29) is 5.69 Å². The Labute approximate surface area is 132 Å². The number of methoxy groups -OCH3 is 2. The van der Waals surface area contributed by atoms with Crippen LogP contribution in [0.1, 0.15) is 5.56 Å². The third kappa shape index (κ3) is 2.57. The molecule has 0 aliphatic rings. The predicted molar refractivity (Wildman–Crippen MR) is 86.0 cm³/mol. The van der Waals surface area contributed by atoms with E-state index in [2.05, 4.69) is 9.97 Å². The predicted octanol–water partition coefficient (Wildman–Crippen LogP) is 3.46. The summed E-state index contributed by atoms with van der Waals surface area (Å²) in [6, 6.07) is 8.57. The Bertz CT molecular complexity index is 861. The smallest absolute Gasteiger partial charge is 0.273 e. The Morgan fingerprint density at radius 2 is 1.83 bits per heavy atom. The lowest BCUT2D eigenvalue weighted by Gasteiger charge is -2.06. The third-order valence-corrected chi connectivity index (χ3v) is 3.67. The average molecular weight is 313 g/mol. The van der Waals surface area contributed by atoms with Crippen molar-refractivity contribution in [2.75, 3.05) is 14.2 Å². The van der Waals surface area contributed by atoms with Gasteiger partial charge in [-0.2, -0.15) is 0 Å². The van der Waals surface area contributed by atoms with Crippen molar-refractivity contribution in [2.45, 2.75) is 6.92 Å². The van der Waals surface area contributed by atoms with Crippen molar-refractivity contribution >= 4 is 16.7 Å². The molecule has 0 aliphatic heterocycles. The fourth-order valence-corrected chi connectivity index (χ4v) is 2.43. The zero-order valence-electron chi connectivity index (χ0n) is 12.9. The number of ether oxygens (including phenoxy) is 2. The summed E-state index contributed by atoms with van der Waals surface area (Å²) in [7, 11) is 3.12. The van der Waals surface area contributed by atoms with Crippen LogP contribution in [0.5, 0.6) is 11.5 Å². The van der Waals surface area contributed by atoms with Gasteiger partial charge in [-0.25, -0.2) is 4.98 Å². The van der Waals surface area contributed by atoms with Crippen LogP contribution in [-0.2, 0) is 0 Å². The van der Waals surface area contributed by atoms with Gasteiger partial charge in [0.15, 0.2) is 11.5 Å². The molecule has 3 rings (SSSR count). The monoisotopic (exact) mass is 313 g/mol. The van der Waals surface area contributed by atoms with E-state index in [1.165, 1.54) is 6.07 Å². The van der Waals surface area contributed by atoms with Crippen LogP contribution in [-0.4, -0.2) is 29.1 Å². The van der Waals surface area contributed by atoms with Crippen molar-refractivity contribution in [1.29, 1.82) is 0 Å². The summed E-state index contributed by atoms with van der Waals surface area (Å²) in [4.78, 5) is 18.3. The van der Waals surface area contributed by atoms with Gasteiger partial charge >= 0.3 is 0 Å². The molecule has 0 fully saturated rings. The van der Waals surface area contributed by atoms with Crippen LogP contribution in [0, 0.1) is 17.0 Å². The Balaban J connectivity index is 2.14. The minimum absolute atomic E-state index is 0.0677. The maximum absolute atomic E-state index is 11.1. The van der Waals surface area contributed by atoms with E-state index in [1.54, 1.807) is 45.4 Å². The second-order valence-electron chi connectivity index (χ2n) is 5.07. The lowest BCUT2D eigenvalue weighted by atomic mass is 10.1. The molecule has 1 N–H and O–H groups in total. The van der Waals surface area contributed by atoms with Crippen LogP contribution in [0.4, 0.5) is 5.69 Å². The summed E-state index contributed by atoms with van der Waals surface area (Å²) in [6.45, 7) is 1.70. The molecule has 3 aromatic rings. The molecule has 7 nitrogen and oxygen atoms in total. The van der Waals surface area contributed by atoms with Crippen LogP contribution < -0.4 is 9.47 Å². The number of H-pyrrole nitrogens is 1. The molecule has 0 saturated carbocycles. The molecule has 2 aromatic carbocycles. The number of hydrogen-bond acceptors (Lipinski definition) is 5. The van der Waals surface area contributed by atoms with E-state index in [0.29, 0.717) is 34.0 Å². The van der Waals surface area contributed by atoms with E-state index in [0.717, 1.165) is 5.52 Å². The minimum Gasteiger partial charge on any atom is -0.493 e. The van der Waals surface area contributed by atoms with Crippen molar-refractivity contribution < 1.29 is 14.4 Å². The number of rotatable bonds is 4. The standard InChI is InChI=1S/C16H15N3O4/c1-9-4-5-10(6-13(9)19(20)21)16-17-11-7-14(22-2)15(23-3)8-12(11)18-16/h4-8H,1-3H3,(H,17,18). The van der Waals surface area contributed by atoms with E-state index in [1.807, 2.05) is 0 Å². The molecule has 0 atom stereocenters. The highest BCUT2D eigenvalue weighted by molar-refractivity contribution is 5.83. The molecule has 0 unspecified atom stereocenters. The maximum Gasteiger partial charge on any atom is 0.273 e. The third-order valence-electron chi connectivity index (χ3n) is 3.67. The number of nitrogens with zero attached hydrogens (tertiary/aromatic N) is 2. The van der Waals surface area contributed by atoms with Gasteiger partial charge in [0.25, 0.3) is 5.69 Å². The average Bonchev–Trinajstić information content (AvgIpc) is 2.96. The van der Waals surface area contributed by atoms with Gasteiger partial charge in [0.2, 0.25) is 0 Å². The first-order valence-electron chi connectivity index (χ1n) is 6.90. The normalized spacial score (nSPS) is 10.7. The number of fused-ring (bicyclic) bond motifs is 1. The summed E-state index contributed by atoms with van der Waals surface area (Å²) in [5.41, 5.74) is 2.79. The highest BCUT2D eigenvalue weighted by Crippen LogP contribution is 2.33.